The van der Waals surface area contributed by atoms with Crippen molar-refractivity contribution in [3.8, 4) is 0 Å². The number of rotatable bonds is 5. The summed E-state index contributed by atoms with van der Waals surface area (Å²) in [5, 5.41) is 5.07. The molecule has 0 aliphatic carbocycles. The molecule has 0 aliphatic heterocycles. The Kier molecular flexibility index (Phi) is 5.35. The Labute approximate surface area is 100 Å². The second-order valence-electron chi connectivity index (χ2n) is 3.43. The first-order valence-electron chi connectivity index (χ1n) is 5.11. The Hall–Kier alpha value is -1.00. The summed E-state index contributed by atoms with van der Waals surface area (Å²) in [6.07, 6.45) is 0.701. The van der Waals surface area contributed by atoms with Crippen molar-refractivity contribution in [2.24, 2.45) is 5.73 Å². The average molecular weight is 240 g/mol. The van der Waals surface area contributed by atoms with Crippen LogP contribution < -0.4 is 11.1 Å². The molecule has 0 aromatic heterocycles. The minimum atomic E-state index is -0.153. The van der Waals surface area contributed by atoms with E-state index in [4.69, 9.17) is 5.73 Å². The lowest BCUT2D eigenvalue weighted by atomic mass is 10.0. The fourth-order valence-corrected chi connectivity index (χ4v) is 1.89. The summed E-state index contributed by atoms with van der Waals surface area (Å²) in [5.41, 5.74) is 8.16. The van der Waals surface area contributed by atoms with Crippen LogP contribution in [0.3, 0.4) is 0 Å². The molecule has 0 unspecified atom stereocenters. The lowest BCUT2D eigenvalue weighted by Gasteiger charge is -2.10. The van der Waals surface area contributed by atoms with Crippen molar-refractivity contribution in [2.45, 2.75) is 13.3 Å². The van der Waals surface area contributed by atoms with Crippen LogP contribution in [0.4, 0.5) is 4.39 Å². The predicted molar refractivity (Wildman–Crippen MR) is 68.6 cm³/mol. The molecule has 88 valence electrons. The fraction of sp³-hybridized carbons (Fsp3) is 0.333. The van der Waals surface area contributed by atoms with Crippen LogP contribution in [0.25, 0.3) is 0 Å². The SMILES string of the molecule is CN/C(=C\SCN)Cc1cccc(F)c1C. The quantitative estimate of drug-likeness (QED) is 0.776. The van der Waals surface area contributed by atoms with E-state index in [0.717, 1.165) is 11.3 Å². The molecule has 1 rings (SSSR count). The van der Waals surface area contributed by atoms with E-state index in [1.165, 1.54) is 17.8 Å². The Bertz CT molecular complexity index is 377. The molecule has 3 N–H and O–H groups in total. The largest absolute Gasteiger partial charge is 0.391 e. The van der Waals surface area contributed by atoms with Crippen LogP contribution in [-0.2, 0) is 6.42 Å². The van der Waals surface area contributed by atoms with E-state index in [1.54, 1.807) is 13.0 Å². The number of likely N-dealkylation sites (N-methyl/N-ethyl adjacent to an activating group) is 1. The van der Waals surface area contributed by atoms with Crippen LogP contribution in [0.15, 0.2) is 29.3 Å². The smallest absolute Gasteiger partial charge is 0.126 e. The van der Waals surface area contributed by atoms with Crippen LogP contribution in [-0.4, -0.2) is 12.9 Å². The van der Waals surface area contributed by atoms with E-state index in [9.17, 15) is 4.39 Å². The van der Waals surface area contributed by atoms with Gasteiger partial charge in [0, 0.05) is 25.0 Å². The number of hydrogen-bond donors (Lipinski definition) is 2. The van der Waals surface area contributed by atoms with Crippen molar-refractivity contribution in [2.75, 3.05) is 12.9 Å². The average Bonchev–Trinajstić information content (AvgIpc) is 2.30. The first-order valence-corrected chi connectivity index (χ1v) is 6.16. The molecule has 0 saturated carbocycles. The number of nitrogens with one attached hydrogen (secondary N) is 1. The number of benzene rings is 1. The molecular formula is C12H17FN2S. The molecule has 0 amide bonds. The molecule has 0 radical (unpaired) electrons. The molecule has 1 aromatic carbocycles. The first-order chi connectivity index (χ1) is 7.69. The van der Waals surface area contributed by atoms with Gasteiger partial charge in [0.05, 0.1) is 0 Å². The van der Waals surface area contributed by atoms with Gasteiger partial charge in [-0.3, -0.25) is 0 Å². The molecule has 1 aromatic rings. The summed E-state index contributed by atoms with van der Waals surface area (Å²) in [5.74, 6) is 0.396. The first kappa shape index (κ1) is 13.1. The highest BCUT2D eigenvalue weighted by Crippen LogP contribution is 2.16. The minimum Gasteiger partial charge on any atom is -0.391 e. The second-order valence-corrected chi connectivity index (χ2v) is 4.33. The normalized spacial score (nSPS) is 11.6. The van der Waals surface area contributed by atoms with Crippen LogP contribution in [0.2, 0.25) is 0 Å². The second kappa shape index (κ2) is 6.55. The zero-order chi connectivity index (χ0) is 12.0. The molecule has 0 spiro atoms. The molecule has 0 saturated heterocycles. The summed E-state index contributed by atoms with van der Waals surface area (Å²) in [6, 6.07) is 5.16. The topological polar surface area (TPSA) is 38.0 Å². The number of allylic oxidation sites excluding steroid dienone is 1. The van der Waals surface area contributed by atoms with Gasteiger partial charge in [-0.2, -0.15) is 0 Å². The highest BCUT2D eigenvalue weighted by molar-refractivity contribution is 8.02. The van der Waals surface area contributed by atoms with Crippen LogP contribution >= 0.6 is 11.8 Å². The zero-order valence-electron chi connectivity index (χ0n) is 9.59. The van der Waals surface area contributed by atoms with E-state index in [2.05, 4.69) is 5.32 Å². The fourth-order valence-electron chi connectivity index (χ4n) is 1.39. The summed E-state index contributed by atoms with van der Waals surface area (Å²) < 4.78 is 13.3. The van der Waals surface area contributed by atoms with Crippen LogP contribution in [0, 0.1) is 12.7 Å². The van der Waals surface area contributed by atoms with E-state index in [1.807, 2.05) is 18.5 Å². The standard InChI is InChI=1S/C12H17FN2S/c1-9-10(4-3-5-12(9)13)6-11(15-2)7-16-8-14/h3-5,7,15H,6,8,14H2,1-2H3/b11-7-. The number of thioether (sulfide) groups is 1. The third-order valence-corrected chi connectivity index (χ3v) is 3.05. The van der Waals surface area contributed by atoms with E-state index < -0.39 is 0 Å². The monoisotopic (exact) mass is 240 g/mol. The highest BCUT2D eigenvalue weighted by Gasteiger charge is 2.05. The van der Waals surface area contributed by atoms with Gasteiger partial charge in [-0.15, -0.1) is 11.8 Å². The molecule has 16 heavy (non-hydrogen) atoms. The predicted octanol–water partition coefficient (Wildman–Crippen LogP) is 2.39. The van der Waals surface area contributed by atoms with Crippen molar-refractivity contribution in [3.63, 3.8) is 0 Å². The maximum Gasteiger partial charge on any atom is 0.126 e. The van der Waals surface area contributed by atoms with E-state index >= 15 is 0 Å². The number of hydrogen-bond acceptors (Lipinski definition) is 3. The molecule has 0 bridgehead atoms. The third kappa shape index (κ3) is 3.54. The van der Waals surface area contributed by atoms with Crippen molar-refractivity contribution < 1.29 is 4.39 Å². The van der Waals surface area contributed by atoms with Gasteiger partial charge < -0.3 is 11.1 Å². The number of nitrogens with two attached hydrogens (primary N) is 1. The van der Waals surface area contributed by atoms with E-state index in [-0.39, 0.29) is 5.82 Å². The highest BCUT2D eigenvalue weighted by atomic mass is 32.2. The summed E-state index contributed by atoms with van der Waals surface area (Å²) >= 11 is 1.53. The molecular weight excluding hydrogens is 223 g/mol. The molecule has 4 heteroatoms. The zero-order valence-corrected chi connectivity index (χ0v) is 10.4. The van der Waals surface area contributed by atoms with Gasteiger partial charge in [-0.25, -0.2) is 4.39 Å². The molecule has 0 atom stereocenters. The van der Waals surface area contributed by atoms with Gasteiger partial charge in [-0.1, -0.05) is 12.1 Å². The van der Waals surface area contributed by atoms with Gasteiger partial charge in [0.25, 0.3) is 0 Å². The third-order valence-electron chi connectivity index (χ3n) is 2.40. The molecule has 0 fully saturated rings. The van der Waals surface area contributed by atoms with E-state index in [0.29, 0.717) is 17.9 Å². The summed E-state index contributed by atoms with van der Waals surface area (Å²) in [4.78, 5) is 0. The maximum absolute atomic E-state index is 13.3. The van der Waals surface area contributed by atoms with Gasteiger partial charge in [0.1, 0.15) is 5.82 Å². The molecule has 0 aliphatic rings. The molecule has 2 nitrogen and oxygen atoms in total. The lowest BCUT2D eigenvalue weighted by molar-refractivity contribution is 0.615. The molecule has 0 heterocycles. The minimum absolute atomic E-state index is 0.153. The Balaban J connectivity index is 2.82. The number of halogens is 1. The van der Waals surface area contributed by atoms with Crippen molar-refractivity contribution in [3.05, 3.63) is 46.2 Å². The summed E-state index contributed by atoms with van der Waals surface area (Å²) in [6.45, 7) is 1.80. The van der Waals surface area contributed by atoms with Crippen molar-refractivity contribution in [1.29, 1.82) is 0 Å². The Morgan fingerprint density at radius 3 is 2.94 bits per heavy atom. The van der Waals surface area contributed by atoms with Gasteiger partial charge in [-0.05, 0) is 29.5 Å². The van der Waals surface area contributed by atoms with Crippen LogP contribution in [0.1, 0.15) is 11.1 Å². The van der Waals surface area contributed by atoms with Gasteiger partial charge in [0.15, 0.2) is 0 Å². The maximum atomic E-state index is 13.3. The van der Waals surface area contributed by atoms with Crippen molar-refractivity contribution in [1.82, 2.24) is 5.32 Å². The van der Waals surface area contributed by atoms with Gasteiger partial charge >= 0.3 is 0 Å². The van der Waals surface area contributed by atoms with Crippen molar-refractivity contribution >= 4 is 11.8 Å². The van der Waals surface area contributed by atoms with Crippen LogP contribution in [0.5, 0.6) is 0 Å². The Morgan fingerprint density at radius 1 is 1.56 bits per heavy atom. The summed E-state index contributed by atoms with van der Waals surface area (Å²) in [7, 11) is 1.86. The lowest BCUT2D eigenvalue weighted by Crippen LogP contribution is -2.09. The van der Waals surface area contributed by atoms with Gasteiger partial charge in [0.2, 0.25) is 0 Å². The Morgan fingerprint density at radius 2 is 2.31 bits per heavy atom.